The van der Waals surface area contributed by atoms with Gasteiger partial charge in [-0.15, -0.1) is 0 Å². The molecule has 0 spiro atoms. The molecule has 2 aromatic carbocycles. The highest BCUT2D eigenvalue weighted by atomic mass is 19.1. The number of hydrogen-bond donors (Lipinski definition) is 3. The van der Waals surface area contributed by atoms with Gasteiger partial charge in [0, 0.05) is 36.0 Å². The summed E-state index contributed by atoms with van der Waals surface area (Å²) in [5, 5.41) is 7.69. The van der Waals surface area contributed by atoms with Gasteiger partial charge >= 0.3 is 0 Å². The van der Waals surface area contributed by atoms with Crippen molar-refractivity contribution in [3.8, 4) is 11.3 Å². The van der Waals surface area contributed by atoms with Gasteiger partial charge in [0.2, 0.25) is 5.91 Å². The van der Waals surface area contributed by atoms with Crippen molar-refractivity contribution < 1.29 is 14.0 Å². The molecule has 0 unspecified atom stereocenters. The first-order valence-corrected chi connectivity index (χ1v) is 9.02. The molecule has 0 radical (unpaired) electrons. The smallest absolute Gasteiger partial charge is 0.267 e. The number of benzene rings is 2. The number of nitrogens with one attached hydrogen (secondary N) is 3. The summed E-state index contributed by atoms with van der Waals surface area (Å²) in [5.74, 6) is -0.725. The molecule has 142 valence electrons. The molecule has 1 aliphatic heterocycles. The fourth-order valence-corrected chi connectivity index (χ4v) is 3.31. The number of carbonyl (C=O) groups is 2. The number of aromatic amines is 1. The molecular weight excluding hydrogens is 359 g/mol. The van der Waals surface area contributed by atoms with Crippen LogP contribution in [0.2, 0.25) is 0 Å². The Labute approximate surface area is 160 Å². The molecule has 3 aromatic rings. The number of carbonyl (C=O) groups excluding carboxylic acids is 2. The molecule has 28 heavy (non-hydrogen) atoms. The van der Waals surface area contributed by atoms with Gasteiger partial charge in [0.05, 0.1) is 0 Å². The SMILES string of the molecule is Cc1c(-c2ccc(F)cc2)[nH]c2ccc(CNC(=O)C3=NNC(=O)CC3)cc12. The Morgan fingerprint density at radius 2 is 1.96 bits per heavy atom. The number of aromatic nitrogens is 1. The molecule has 1 aliphatic rings. The predicted octanol–water partition coefficient (Wildman–Crippen LogP) is 3.16. The molecule has 0 saturated carbocycles. The van der Waals surface area contributed by atoms with Crippen LogP contribution in [0.25, 0.3) is 22.2 Å². The highest BCUT2D eigenvalue weighted by Gasteiger charge is 2.18. The fraction of sp³-hybridized carbons (Fsp3) is 0.190. The summed E-state index contributed by atoms with van der Waals surface area (Å²) in [6.45, 7) is 2.37. The van der Waals surface area contributed by atoms with Crippen LogP contribution in [0.4, 0.5) is 4.39 Å². The quantitative estimate of drug-likeness (QED) is 0.651. The van der Waals surface area contributed by atoms with Crippen LogP contribution in [0, 0.1) is 12.7 Å². The number of nitrogens with zero attached hydrogens (tertiary/aromatic N) is 1. The van der Waals surface area contributed by atoms with Gasteiger partial charge in [0.1, 0.15) is 11.5 Å². The van der Waals surface area contributed by atoms with Crippen molar-refractivity contribution in [3.63, 3.8) is 0 Å². The number of hydrazone groups is 1. The summed E-state index contributed by atoms with van der Waals surface area (Å²) in [5.41, 5.74) is 7.52. The van der Waals surface area contributed by atoms with Crippen molar-refractivity contribution in [1.82, 2.24) is 15.7 Å². The van der Waals surface area contributed by atoms with E-state index in [0.29, 0.717) is 18.7 Å². The Bertz CT molecular complexity index is 1100. The molecule has 2 amide bonds. The minimum absolute atomic E-state index is 0.179. The number of hydrogen-bond acceptors (Lipinski definition) is 3. The van der Waals surface area contributed by atoms with Crippen molar-refractivity contribution in [1.29, 1.82) is 0 Å². The number of fused-ring (bicyclic) bond motifs is 1. The Balaban J connectivity index is 1.53. The van der Waals surface area contributed by atoms with E-state index in [-0.39, 0.29) is 24.1 Å². The van der Waals surface area contributed by atoms with Gasteiger partial charge in [-0.05, 0) is 60.0 Å². The number of aryl methyl sites for hydroxylation is 1. The van der Waals surface area contributed by atoms with E-state index in [9.17, 15) is 14.0 Å². The van der Waals surface area contributed by atoms with Crippen LogP contribution in [0.3, 0.4) is 0 Å². The highest BCUT2D eigenvalue weighted by molar-refractivity contribution is 6.39. The molecule has 1 aromatic heterocycles. The molecule has 0 bridgehead atoms. The summed E-state index contributed by atoms with van der Waals surface area (Å²) in [6.07, 6.45) is 0.613. The average Bonchev–Trinajstić information content (AvgIpc) is 3.03. The maximum absolute atomic E-state index is 13.2. The van der Waals surface area contributed by atoms with E-state index >= 15 is 0 Å². The standard InChI is InChI=1S/C21H19FN4O2/c1-12-16-10-13(11-23-21(28)18-8-9-19(27)26-25-18)2-7-17(16)24-20(12)14-3-5-15(22)6-4-14/h2-7,10,24H,8-9,11H2,1H3,(H,23,28)(H,26,27). The molecule has 0 fully saturated rings. The lowest BCUT2D eigenvalue weighted by molar-refractivity contribution is -0.121. The summed E-state index contributed by atoms with van der Waals surface area (Å²) < 4.78 is 13.2. The Morgan fingerprint density at radius 3 is 2.68 bits per heavy atom. The second kappa shape index (κ2) is 7.26. The maximum atomic E-state index is 13.2. The molecule has 3 N–H and O–H groups in total. The third-order valence-corrected chi connectivity index (χ3v) is 4.88. The minimum atomic E-state index is -0.280. The van der Waals surface area contributed by atoms with Crippen LogP contribution >= 0.6 is 0 Å². The fourth-order valence-electron chi connectivity index (χ4n) is 3.31. The van der Waals surface area contributed by atoms with Gasteiger partial charge in [-0.1, -0.05) is 6.07 Å². The van der Waals surface area contributed by atoms with E-state index in [0.717, 1.165) is 33.3 Å². The lowest BCUT2D eigenvalue weighted by Gasteiger charge is -2.12. The molecule has 4 rings (SSSR count). The van der Waals surface area contributed by atoms with E-state index in [2.05, 4.69) is 20.8 Å². The van der Waals surface area contributed by atoms with Crippen LogP contribution in [-0.4, -0.2) is 22.5 Å². The molecule has 0 aliphatic carbocycles. The van der Waals surface area contributed by atoms with Gasteiger partial charge in [0.25, 0.3) is 5.91 Å². The zero-order chi connectivity index (χ0) is 19.7. The summed E-state index contributed by atoms with van der Waals surface area (Å²) in [7, 11) is 0. The number of rotatable bonds is 4. The Hall–Kier alpha value is -3.48. The summed E-state index contributed by atoms with van der Waals surface area (Å²) in [6, 6.07) is 12.3. The minimum Gasteiger partial charge on any atom is -0.354 e. The van der Waals surface area contributed by atoms with E-state index in [1.54, 1.807) is 12.1 Å². The lowest BCUT2D eigenvalue weighted by Crippen LogP contribution is -2.36. The van der Waals surface area contributed by atoms with Gasteiger partial charge in [0.15, 0.2) is 0 Å². The van der Waals surface area contributed by atoms with Crippen molar-refractivity contribution in [3.05, 3.63) is 59.4 Å². The monoisotopic (exact) mass is 378 g/mol. The Kier molecular flexibility index (Phi) is 4.65. The number of amides is 2. The largest absolute Gasteiger partial charge is 0.354 e. The van der Waals surface area contributed by atoms with Crippen molar-refractivity contribution in [2.75, 3.05) is 0 Å². The van der Waals surface area contributed by atoms with E-state index in [1.165, 1.54) is 12.1 Å². The maximum Gasteiger partial charge on any atom is 0.267 e. The van der Waals surface area contributed by atoms with Crippen LogP contribution in [0.15, 0.2) is 47.6 Å². The van der Waals surface area contributed by atoms with Gasteiger partial charge in [-0.3, -0.25) is 9.59 Å². The van der Waals surface area contributed by atoms with E-state index in [1.807, 2.05) is 25.1 Å². The average molecular weight is 378 g/mol. The topological polar surface area (TPSA) is 86.3 Å². The first-order valence-electron chi connectivity index (χ1n) is 9.02. The van der Waals surface area contributed by atoms with Gasteiger partial charge < -0.3 is 10.3 Å². The highest BCUT2D eigenvalue weighted by Crippen LogP contribution is 2.30. The van der Waals surface area contributed by atoms with Crippen molar-refractivity contribution in [2.24, 2.45) is 5.10 Å². The molecule has 7 heteroatoms. The van der Waals surface area contributed by atoms with E-state index in [4.69, 9.17) is 0 Å². The second-order valence-electron chi connectivity index (χ2n) is 6.79. The van der Waals surface area contributed by atoms with Crippen molar-refractivity contribution >= 4 is 28.4 Å². The summed E-state index contributed by atoms with van der Waals surface area (Å²) >= 11 is 0. The zero-order valence-electron chi connectivity index (χ0n) is 15.3. The molecule has 2 heterocycles. The first kappa shape index (κ1) is 17.9. The number of halogens is 1. The van der Waals surface area contributed by atoms with Crippen LogP contribution in [0.1, 0.15) is 24.0 Å². The third kappa shape index (κ3) is 3.51. The number of H-pyrrole nitrogens is 1. The van der Waals surface area contributed by atoms with E-state index < -0.39 is 0 Å². The normalized spacial score (nSPS) is 13.9. The van der Waals surface area contributed by atoms with Crippen molar-refractivity contribution in [2.45, 2.75) is 26.3 Å². The van der Waals surface area contributed by atoms with Crippen LogP contribution in [0.5, 0.6) is 0 Å². The van der Waals surface area contributed by atoms with Gasteiger partial charge in [-0.2, -0.15) is 5.10 Å². The molecule has 6 nitrogen and oxygen atoms in total. The predicted molar refractivity (Wildman–Crippen MR) is 105 cm³/mol. The molecular formula is C21H19FN4O2. The second-order valence-corrected chi connectivity index (χ2v) is 6.79. The zero-order valence-corrected chi connectivity index (χ0v) is 15.3. The van der Waals surface area contributed by atoms with Crippen LogP contribution in [-0.2, 0) is 16.1 Å². The molecule has 0 saturated heterocycles. The first-order chi connectivity index (χ1) is 13.5. The Morgan fingerprint density at radius 1 is 1.18 bits per heavy atom. The lowest BCUT2D eigenvalue weighted by atomic mass is 10.0. The molecule has 0 atom stereocenters. The van der Waals surface area contributed by atoms with Gasteiger partial charge in [-0.25, -0.2) is 9.82 Å². The summed E-state index contributed by atoms with van der Waals surface area (Å²) in [4.78, 5) is 26.7. The van der Waals surface area contributed by atoms with Crippen LogP contribution < -0.4 is 10.7 Å². The third-order valence-electron chi connectivity index (χ3n) is 4.88.